The molecule has 5 unspecified atom stereocenters. The maximum Gasteiger partial charge on any atom is 0.220 e. The lowest BCUT2D eigenvalue weighted by molar-refractivity contribution is -0.123. The molecular weight excluding hydrogens is 234 g/mol. The lowest BCUT2D eigenvalue weighted by Crippen LogP contribution is -2.39. The number of nitrogens with one attached hydrogen (secondary N) is 1. The Bertz CT molecular complexity index is 307. The lowest BCUT2D eigenvalue weighted by Gasteiger charge is -2.22. The van der Waals surface area contributed by atoms with E-state index >= 15 is 0 Å². The molecule has 0 spiro atoms. The number of alkyl halides is 1. The van der Waals surface area contributed by atoms with Gasteiger partial charge in [0.25, 0.3) is 0 Å². The van der Waals surface area contributed by atoms with Crippen molar-refractivity contribution >= 4 is 17.5 Å². The second kappa shape index (κ2) is 4.79. The minimum atomic E-state index is 0.166. The molecule has 3 saturated carbocycles. The summed E-state index contributed by atoms with van der Waals surface area (Å²) in [5.74, 6) is 2.70. The van der Waals surface area contributed by atoms with Crippen molar-refractivity contribution < 1.29 is 4.79 Å². The van der Waals surface area contributed by atoms with Crippen molar-refractivity contribution in [3.63, 3.8) is 0 Å². The molecule has 3 fully saturated rings. The first kappa shape index (κ1) is 11.8. The van der Waals surface area contributed by atoms with Crippen molar-refractivity contribution in [1.82, 2.24) is 5.32 Å². The smallest absolute Gasteiger partial charge is 0.220 e. The number of amides is 1. The van der Waals surface area contributed by atoms with Gasteiger partial charge in [-0.3, -0.25) is 4.79 Å². The van der Waals surface area contributed by atoms with Crippen LogP contribution in [0.25, 0.3) is 0 Å². The van der Waals surface area contributed by atoms with E-state index in [1.807, 2.05) is 0 Å². The zero-order valence-electron chi connectivity index (χ0n) is 10.3. The van der Waals surface area contributed by atoms with E-state index in [2.05, 4.69) is 5.32 Å². The minimum Gasteiger partial charge on any atom is -0.352 e. The molecule has 0 heterocycles. The molecule has 1 N–H and O–H groups in total. The topological polar surface area (TPSA) is 29.1 Å². The van der Waals surface area contributed by atoms with E-state index in [-0.39, 0.29) is 17.3 Å². The van der Waals surface area contributed by atoms with Gasteiger partial charge < -0.3 is 5.32 Å². The third-order valence-corrected chi connectivity index (χ3v) is 5.63. The van der Waals surface area contributed by atoms with Gasteiger partial charge in [0.1, 0.15) is 0 Å². The van der Waals surface area contributed by atoms with Gasteiger partial charge in [-0.25, -0.2) is 0 Å². The Hall–Kier alpha value is -0.240. The second-order valence-corrected chi connectivity index (χ2v) is 6.82. The van der Waals surface area contributed by atoms with Crippen molar-refractivity contribution in [1.29, 1.82) is 0 Å². The van der Waals surface area contributed by atoms with Crippen LogP contribution in [0, 0.1) is 17.8 Å². The van der Waals surface area contributed by atoms with E-state index in [4.69, 9.17) is 11.6 Å². The molecule has 0 radical (unpaired) electrons. The number of fused-ring (bicyclic) bond motifs is 2. The molecule has 2 bridgehead atoms. The SMILES string of the molecule is O=C(CC1CC2CCC1C2)NC1CCCC1Cl. The van der Waals surface area contributed by atoms with Gasteiger partial charge in [0.05, 0.1) is 5.38 Å². The van der Waals surface area contributed by atoms with Gasteiger partial charge in [-0.05, 0) is 56.3 Å². The molecule has 3 aliphatic rings. The number of carbonyl (C=O) groups excluding carboxylic acids is 1. The van der Waals surface area contributed by atoms with Crippen molar-refractivity contribution in [2.24, 2.45) is 17.8 Å². The molecule has 0 aromatic rings. The molecule has 3 rings (SSSR count). The van der Waals surface area contributed by atoms with Crippen LogP contribution in [0.5, 0.6) is 0 Å². The monoisotopic (exact) mass is 255 g/mol. The molecule has 0 aromatic carbocycles. The van der Waals surface area contributed by atoms with Crippen molar-refractivity contribution in [3.8, 4) is 0 Å². The summed E-state index contributed by atoms with van der Waals surface area (Å²) in [4.78, 5) is 12.0. The molecule has 0 aromatic heterocycles. The van der Waals surface area contributed by atoms with Crippen LogP contribution < -0.4 is 5.32 Å². The van der Waals surface area contributed by atoms with Crippen LogP contribution >= 0.6 is 11.6 Å². The fraction of sp³-hybridized carbons (Fsp3) is 0.929. The maximum atomic E-state index is 12.0. The highest BCUT2D eigenvalue weighted by Crippen LogP contribution is 2.49. The molecule has 96 valence electrons. The van der Waals surface area contributed by atoms with Gasteiger partial charge in [0.2, 0.25) is 5.91 Å². The molecule has 0 aliphatic heterocycles. The van der Waals surface area contributed by atoms with Gasteiger partial charge in [-0.1, -0.05) is 6.42 Å². The Morgan fingerprint density at radius 2 is 2.06 bits per heavy atom. The number of hydrogen-bond acceptors (Lipinski definition) is 1. The van der Waals surface area contributed by atoms with Gasteiger partial charge in [0.15, 0.2) is 0 Å². The Balaban J connectivity index is 1.47. The number of halogens is 1. The molecule has 1 amide bonds. The average molecular weight is 256 g/mol. The Morgan fingerprint density at radius 1 is 1.18 bits per heavy atom. The Labute approximate surface area is 108 Å². The Kier molecular flexibility index (Phi) is 3.34. The highest BCUT2D eigenvalue weighted by molar-refractivity contribution is 6.21. The van der Waals surface area contributed by atoms with E-state index in [9.17, 15) is 4.79 Å². The van der Waals surface area contributed by atoms with E-state index < -0.39 is 0 Å². The lowest BCUT2D eigenvalue weighted by atomic mass is 9.86. The third kappa shape index (κ3) is 2.47. The third-order valence-electron chi connectivity index (χ3n) is 5.11. The first-order valence-electron chi connectivity index (χ1n) is 7.16. The highest BCUT2D eigenvalue weighted by Gasteiger charge is 2.40. The van der Waals surface area contributed by atoms with Crippen molar-refractivity contribution in [2.75, 3.05) is 0 Å². The predicted octanol–water partition coefficient (Wildman–Crippen LogP) is 3.09. The summed E-state index contributed by atoms with van der Waals surface area (Å²) in [6.07, 6.45) is 9.50. The van der Waals surface area contributed by atoms with Crippen molar-refractivity contribution in [3.05, 3.63) is 0 Å². The van der Waals surface area contributed by atoms with Gasteiger partial charge in [0, 0.05) is 12.5 Å². The summed E-state index contributed by atoms with van der Waals surface area (Å²) < 4.78 is 0. The first-order chi connectivity index (χ1) is 8.22. The zero-order chi connectivity index (χ0) is 11.8. The van der Waals surface area contributed by atoms with Crippen LogP contribution in [-0.2, 0) is 4.79 Å². The van der Waals surface area contributed by atoms with E-state index in [1.54, 1.807) is 0 Å². The summed E-state index contributed by atoms with van der Waals surface area (Å²) in [6, 6.07) is 0.239. The number of carbonyl (C=O) groups is 1. The van der Waals surface area contributed by atoms with Crippen LogP contribution in [0.4, 0.5) is 0 Å². The largest absolute Gasteiger partial charge is 0.352 e. The number of hydrogen-bond donors (Lipinski definition) is 1. The summed E-state index contributed by atoms with van der Waals surface area (Å²) in [7, 11) is 0. The zero-order valence-corrected chi connectivity index (χ0v) is 11.1. The molecule has 5 atom stereocenters. The van der Waals surface area contributed by atoms with Crippen molar-refractivity contribution in [2.45, 2.75) is 62.8 Å². The summed E-state index contributed by atoms with van der Waals surface area (Å²) in [5, 5.41) is 3.31. The Morgan fingerprint density at radius 3 is 2.65 bits per heavy atom. The summed E-state index contributed by atoms with van der Waals surface area (Å²) in [6.45, 7) is 0. The van der Waals surface area contributed by atoms with E-state index in [1.165, 1.54) is 25.7 Å². The minimum absolute atomic E-state index is 0.166. The fourth-order valence-electron chi connectivity index (χ4n) is 4.21. The van der Waals surface area contributed by atoms with Crippen LogP contribution in [0.15, 0.2) is 0 Å². The van der Waals surface area contributed by atoms with Crippen LogP contribution in [0.3, 0.4) is 0 Å². The van der Waals surface area contributed by atoms with E-state index in [0.717, 1.165) is 37.5 Å². The van der Waals surface area contributed by atoms with Crippen LogP contribution in [-0.4, -0.2) is 17.3 Å². The van der Waals surface area contributed by atoms with Crippen LogP contribution in [0.1, 0.15) is 51.4 Å². The van der Waals surface area contributed by atoms with Crippen LogP contribution in [0.2, 0.25) is 0 Å². The predicted molar refractivity (Wildman–Crippen MR) is 69.0 cm³/mol. The quantitative estimate of drug-likeness (QED) is 0.772. The summed E-state index contributed by atoms with van der Waals surface area (Å²) >= 11 is 6.19. The normalized spacial score (nSPS) is 44.2. The molecular formula is C14H22ClNO. The van der Waals surface area contributed by atoms with Gasteiger partial charge >= 0.3 is 0 Å². The number of rotatable bonds is 3. The van der Waals surface area contributed by atoms with Gasteiger partial charge in [-0.15, -0.1) is 11.6 Å². The average Bonchev–Trinajstić information content (AvgIpc) is 2.96. The summed E-state index contributed by atoms with van der Waals surface area (Å²) in [5.41, 5.74) is 0. The first-order valence-corrected chi connectivity index (χ1v) is 7.59. The second-order valence-electron chi connectivity index (χ2n) is 6.26. The van der Waals surface area contributed by atoms with E-state index in [0.29, 0.717) is 5.92 Å². The molecule has 3 heteroatoms. The standard InChI is InChI=1S/C14H22ClNO/c15-12-2-1-3-13(12)16-14(17)8-11-7-9-4-5-10(11)6-9/h9-13H,1-8H2,(H,16,17). The van der Waals surface area contributed by atoms with Gasteiger partial charge in [-0.2, -0.15) is 0 Å². The molecule has 17 heavy (non-hydrogen) atoms. The highest BCUT2D eigenvalue weighted by atomic mass is 35.5. The molecule has 3 aliphatic carbocycles. The molecule has 2 nitrogen and oxygen atoms in total. The fourth-order valence-corrected chi connectivity index (χ4v) is 4.55. The molecule has 0 saturated heterocycles. The maximum absolute atomic E-state index is 12.0.